The lowest BCUT2D eigenvalue weighted by atomic mass is 10.0. The van der Waals surface area contributed by atoms with E-state index in [-0.39, 0.29) is 5.92 Å². The highest BCUT2D eigenvalue weighted by Gasteiger charge is 2.30. The second kappa shape index (κ2) is 6.36. The van der Waals surface area contributed by atoms with Crippen LogP contribution in [-0.2, 0) is 24.4 Å². The second-order valence-corrected chi connectivity index (χ2v) is 6.21. The average molecular weight is 317 g/mol. The zero-order valence-electron chi connectivity index (χ0n) is 13.4. The molecule has 1 unspecified atom stereocenters. The number of benzene rings is 2. The van der Waals surface area contributed by atoms with Gasteiger partial charge in [0, 0.05) is 25.4 Å². The number of rotatable bonds is 5. The Labute approximate surface area is 141 Å². The Bertz CT molecular complexity index is 838. The summed E-state index contributed by atoms with van der Waals surface area (Å²) in [7, 11) is 0. The van der Waals surface area contributed by atoms with Crippen LogP contribution in [0.15, 0.2) is 73.1 Å². The number of Topliss-reactive ketones (excluding diaryl/α,β-unsaturated/α-hetero) is 1. The molecule has 24 heavy (non-hydrogen) atoms. The van der Waals surface area contributed by atoms with Crippen molar-refractivity contribution in [1.82, 2.24) is 4.57 Å². The van der Waals surface area contributed by atoms with Crippen LogP contribution in [0.2, 0.25) is 0 Å². The minimum absolute atomic E-state index is 0.0458. The minimum atomic E-state index is -0.0458. The minimum Gasteiger partial charge on any atom is -0.489 e. The third-order valence-corrected chi connectivity index (χ3v) is 4.55. The molecule has 0 aliphatic heterocycles. The maximum atomic E-state index is 12.4. The summed E-state index contributed by atoms with van der Waals surface area (Å²) in [5, 5.41) is 0. The van der Waals surface area contributed by atoms with E-state index < -0.39 is 0 Å². The van der Waals surface area contributed by atoms with E-state index in [4.69, 9.17) is 4.74 Å². The topological polar surface area (TPSA) is 31.2 Å². The van der Waals surface area contributed by atoms with Crippen LogP contribution in [0.25, 0.3) is 0 Å². The molecule has 0 saturated heterocycles. The van der Waals surface area contributed by atoms with Gasteiger partial charge < -0.3 is 9.30 Å². The highest BCUT2D eigenvalue weighted by Crippen LogP contribution is 2.34. The van der Waals surface area contributed by atoms with Gasteiger partial charge in [-0.2, -0.15) is 0 Å². The first-order valence-corrected chi connectivity index (χ1v) is 8.22. The van der Waals surface area contributed by atoms with E-state index in [1.165, 1.54) is 0 Å². The van der Waals surface area contributed by atoms with E-state index in [0.29, 0.717) is 25.4 Å². The predicted octanol–water partition coefficient (Wildman–Crippen LogP) is 3.98. The number of hydrogen-bond acceptors (Lipinski definition) is 2. The summed E-state index contributed by atoms with van der Waals surface area (Å²) in [5.41, 5.74) is 3.38. The molecule has 4 rings (SSSR count). The Morgan fingerprint density at radius 1 is 1.00 bits per heavy atom. The normalized spacial score (nSPS) is 16.2. The van der Waals surface area contributed by atoms with E-state index in [2.05, 4.69) is 10.6 Å². The van der Waals surface area contributed by atoms with Crippen molar-refractivity contribution in [2.75, 3.05) is 0 Å². The first-order chi connectivity index (χ1) is 11.8. The molecule has 0 spiro atoms. The summed E-state index contributed by atoms with van der Waals surface area (Å²) in [5.74, 6) is 1.07. The Morgan fingerprint density at radius 2 is 1.79 bits per heavy atom. The summed E-state index contributed by atoms with van der Waals surface area (Å²) in [4.78, 5) is 12.4. The molecule has 120 valence electrons. The van der Waals surface area contributed by atoms with Gasteiger partial charge in [-0.15, -0.1) is 0 Å². The summed E-state index contributed by atoms with van der Waals surface area (Å²) in [6.45, 7) is 1.25. The molecule has 1 aliphatic carbocycles. The van der Waals surface area contributed by atoms with Crippen molar-refractivity contribution in [1.29, 1.82) is 0 Å². The van der Waals surface area contributed by atoms with Crippen molar-refractivity contribution >= 4 is 5.78 Å². The SMILES string of the molecule is O=C1Cc2cc(OCc3ccccc3)ccc2C1Cn1cccc1. The fraction of sp³-hybridized carbons (Fsp3) is 0.190. The molecule has 1 aromatic heterocycles. The Morgan fingerprint density at radius 3 is 2.58 bits per heavy atom. The van der Waals surface area contributed by atoms with E-state index in [0.717, 1.165) is 22.4 Å². The molecule has 2 aromatic carbocycles. The number of hydrogen-bond donors (Lipinski definition) is 0. The van der Waals surface area contributed by atoms with Crippen LogP contribution in [0.3, 0.4) is 0 Å². The molecule has 3 nitrogen and oxygen atoms in total. The van der Waals surface area contributed by atoms with Gasteiger partial charge >= 0.3 is 0 Å². The fourth-order valence-corrected chi connectivity index (χ4v) is 3.29. The van der Waals surface area contributed by atoms with Crippen LogP contribution in [0.1, 0.15) is 22.6 Å². The Kier molecular flexibility index (Phi) is 3.91. The average Bonchev–Trinajstić information content (AvgIpc) is 3.22. The molecular formula is C21H19NO2. The number of ketones is 1. The lowest BCUT2D eigenvalue weighted by molar-refractivity contribution is -0.119. The number of carbonyl (C=O) groups is 1. The van der Waals surface area contributed by atoms with Gasteiger partial charge in [-0.3, -0.25) is 4.79 Å². The maximum Gasteiger partial charge on any atom is 0.146 e. The molecule has 1 aliphatic rings. The third kappa shape index (κ3) is 2.98. The molecule has 1 heterocycles. The third-order valence-electron chi connectivity index (χ3n) is 4.55. The van der Waals surface area contributed by atoms with Crippen molar-refractivity contribution in [2.24, 2.45) is 0 Å². The Hall–Kier alpha value is -2.81. The lowest BCUT2D eigenvalue weighted by Gasteiger charge is -2.12. The van der Waals surface area contributed by atoms with Gasteiger partial charge in [0.05, 0.1) is 5.92 Å². The molecule has 0 fully saturated rings. The van der Waals surface area contributed by atoms with Crippen molar-refractivity contribution in [3.63, 3.8) is 0 Å². The van der Waals surface area contributed by atoms with Crippen LogP contribution < -0.4 is 4.74 Å². The number of nitrogens with zero attached hydrogens (tertiary/aromatic N) is 1. The van der Waals surface area contributed by atoms with Gasteiger partial charge in [0.1, 0.15) is 18.1 Å². The highest BCUT2D eigenvalue weighted by molar-refractivity contribution is 5.92. The monoisotopic (exact) mass is 317 g/mol. The second-order valence-electron chi connectivity index (χ2n) is 6.21. The van der Waals surface area contributed by atoms with E-state index in [1.807, 2.05) is 67.0 Å². The van der Waals surface area contributed by atoms with Gasteiger partial charge in [-0.05, 0) is 41.0 Å². The summed E-state index contributed by atoms with van der Waals surface area (Å²) < 4.78 is 7.94. The Balaban J connectivity index is 1.49. The van der Waals surface area contributed by atoms with Crippen LogP contribution in [0, 0.1) is 0 Å². The molecule has 3 heteroatoms. The number of carbonyl (C=O) groups excluding carboxylic acids is 1. The van der Waals surface area contributed by atoms with E-state index >= 15 is 0 Å². The molecule has 0 amide bonds. The predicted molar refractivity (Wildman–Crippen MR) is 93.1 cm³/mol. The van der Waals surface area contributed by atoms with Crippen molar-refractivity contribution in [3.05, 3.63) is 89.7 Å². The summed E-state index contributed by atoms with van der Waals surface area (Å²) in [6, 6.07) is 20.1. The zero-order chi connectivity index (χ0) is 16.4. The summed E-state index contributed by atoms with van der Waals surface area (Å²) >= 11 is 0. The molecule has 0 saturated carbocycles. The molecule has 0 N–H and O–H groups in total. The van der Waals surface area contributed by atoms with Crippen molar-refractivity contribution in [3.8, 4) is 5.75 Å². The standard InChI is InChI=1S/C21H19NO2/c23-21-13-17-12-18(24-15-16-6-2-1-3-7-16)8-9-19(17)20(21)14-22-10-4-5-11-22/h1-12,20H,13-15H2. The first-order valence-electron chi connectivity index (χ1n) is 8.22. The molecule has 1 atom stereocenters. The number of fused-ring (bicyclic) bond motifs is 1. The van der Waals surface area contributed by atoms with E-state index in [1.54, 1.807) is 0 Å². The van der Waals surface area contributed by atoms with Crippen LogP contribution in [-0.4, -0.2) is 10.4 Å². The van der Waals surface area contributed by atoms with Crippen molar-refractivity contribution < 1.29 is 9.53 Å². The van der Waals surface area contributed by atoms with Gasteiger partial charge in [0.15, 0.2) is 0 Å². The van der Waals surface area contributed by atoms with Gasteiger partial charge in [0.25, 0.3) is 0 Å². The van der Waals surface area contributed by atoms with Crippen molar-refractivity contribution in [2.45, 2.75) is 25.5 Å². The largest absolute Gasteiger partial charge is 0.489 e. The van der Waals surface area contributed by atoms with Gasteiger partial charge in [-0.25, -0.2) is 0 Å². The maximum absolute atomic E-state index is 12.4. The molecular weight excluding hydrogens is 298 g/mol. The van der Waals surface area contributed by atoms with Crippen LogP contribution in [0.4, 0.5) is 0 Å². The number of aromatic nitrogens is 1. The number of ether oxygens (including phenoxy) is 1. The highest BCUT2D eigenvalue weighted by atomic mass is 16.5. The van der Waals surface area contributed by atoms with Crippen LogP contribution in [0.5, 0.6) is 5.75 Å². The lowest BCUT2D eigenvalue weighted by Crippen LogP contribution is -2.13. The fourth-order valence-electron chi connectivity index (χ4n) is 3.29. The van der Waals surface area contributed by atoms with Gasteiger partial charge in [0.2, 0.25) is 0 Å². The zero-order valence-corrected chi connectivity index (χ0v) is 13.4. The molecule has 0 radical (unpaired) electrons. The molecule has 0 bridgehead atoms. The smallest absolute Gasteiger partial charge is 0.146 e. The summed E-state index contributed by atoms with van der Waals surface area (Å²) in [6.07, 6.45) is 4.51. The van der Waals surface area contributed by atoms with Gasteiger partial charge in [-0.1, -0.05) is 36.4 Å². The van der Waals surface area contributed by atoms with E-state index in [9.17, 15) is 4.79 Å². The van der Waals surface area contributed by atoms with Crippen LogP contribution >= 0.6 is 0 Å². The first kappa shape index (κ1) is 14.8. The molecule has 3 aromatic rings. The quantitative estimate of drug-likeness (QED) is 0.713.